The normalized spacial score (nSPS) is 11.1. The number of nitrogens with zero attached hydrogens (tertiary/aromatic N) is 2. The van der Waals surface area contributed by atoms with Crippen LogP contribution in [0.3, 0.4) is 0 Å². The zero-order valence-corrected chi connectivity index (χ0v) is 8.50. The highest BCUT2D eigenvalue weighted by molar-refractivity contribution is 7.13. The molecule has 0 aliphatic rings. The van der Waals surface area contributed by atoms with Crippen LogP contribution in [-0.2, 0) is 0 Å². The van der Waals surface area contributed by atoms with Crippen LogP contribution in [0, 0.1) is 26.7 Å². The molecule has 2 rings (SSSR count). The molecule has 0 saturated heterocycles. The molecule has 2 heterocycles. The number of fused-ring (bicyclic) bond motifs is 1. The van der Waals surface area contributed by atoms with E-state index >= 15 is 0 Å². The van der Waals surface area contributed by atoms with Crippen molar-refractivity contribution in [2.24, 2.45) is 0 Å². The summed E-state index contributed by atoms with van der Waals surface area (Å²) in [5.41, 5.74) is 1.90. The maximum absolute atomic E-state index is 13.1. The molecule has 68 valence electrons. The van der Waals surface area contributed by atoms with Crippen molar-refractivity contribution in [1.29, 1.82) is 0 Å². The third kappa shape index (κ3) is 1.21. The minimum atomic E-state index is -0.464. The first-order valence-electron chi connectivity index (χ1n) is 3.99. The standard InChI is InChI=1S/C9H9FN2S/c1-4-9(10)12-8-6(3)13-5(2)7(8)11-4/h1-3H3. The molecular formula is C9H9FN2S. The predicted octanol–water partition coefficient (Wildman–Crippen LogP) is 2.76. The van der Waals surface area contributed by atoms with Crippen molar-refractivity contribution in [3.05, 3.63) is 21.4 Å². The van der Waals surface area contributed by atoms with Crippen molar-refractivity contribution in [3.63, 3.8) is 0 Å². The van der Waals surface area contributed by atoms with Gasteiger partial charge in [0.25, 0.3) is 0 Å². The number of rotatable bonds is 0. The van der Waals surface area contributed by atoms with Crippen LogP contribution in [-0.4, -0.2) is 9.97 Å². The smallest absolute Gasteiger partial charge is 0.234 e. The van der Waals surface area contributed by atoms with E-state index in [0.717, 1.165) is 15.3 Å². The van der Waals surface area contributed by atoms with E-state index < -0.39 is 5.95 Å². The first-order chi connectivity index (χ1) is 6.09. The first-order valence-corrected chi connectivity index (χ1v) is 4.81. The van der Waals surface area contributed by atoms with E-state index in [1.807, 2.05) is 13.8 Å². The minimum Gasteiger partial charge on any atom is -0.246 e. The molecule has 4 heteroatoms. The summed E-state index contributed by atoms with van der Waals surface area (Å²) in [4.78, 5) is 10.2. The van der Waals surface area contributed by atoms with Crippen LogP contribution in [0.2, 0.25) is 0 Å². The fourth-order valence-corrected chi connectivity index (χ4v) is 2.25. The molecule has 13 heavy (non-hydrogen) atoms. The SMILES string of the molecule is Cc1nc2c(C)sc(C)c2nc1F. The van der Waals surface area contributed by atoms with Gasteiger partial charge < -0.3 is 0 Å². The Morgan fingerprint density at radius 1 is 1.00 bits per heavy atom. The number of hydrogen-bond donors (Lipinski definition) is 0. The van der Waals surface area contributed by atoms with Gasteiger partial charge in [0.2, 0.25) is 5.95 Å². The molecule has 2 aromatic rings. The van der Waals surface area contributed by atoms with Crippen LogP contribution in [0.15, 0.2) is 0 Å². The van der Waals surface area contributed by atoms with Crippen molar-refractivity contribution < 1.29 is 4.39 Å². The Bertz CT molecular complexity index is 434. The lowest BCUT2D eigenvalue weighted by Crippen LogP contribution is -1.93. The molecular weight excluding hydrogens is 187 g/mol. The van der Waals surface area contributed by atoms with Gasteiger partial charge in [0, 0.05) is 9.75 Å². The lowest BCUT2D eigenvalue weighted by molar-refractivity contribution is 0.572. The van der Waals surface area contributed by atoms with Gasteiger partial charge in [-0.25, -0.2) is 9.97 Å². The van der Waals surface area contributed by atoms with E-state index in [9.17, 15) is 4.39 Å². The average molecular weight is 196 g/mol. The number of hydrogen-bond acceptors (Lipinski definition) is 3. The summed E-state index contributed by atoms with van der Waals surface area (Å²) in [6, 6.07) is 0. The summed E-state index contributed by atoms with van der Waals surface area (Å²) in [5, 5.41) is 0. The molecule has 0 aliphatic carbocycles. The third-order valence-electron chi connectivity index (χ3n) is 1.99. The molecule has 0 saturated carbocycles. The molecule has 0 spiro atoms. The lowest BCUT2D eigenvalue weighted by atomic mass is 10.3. The molecule has 0 aliphatic heterocycles. The Kier molecular flexibility index (Phi) is 1.80. The van der Waals surface area contributed by atoms with Crippen molar-refractivity contribution in [3.8, 4) is 0 Å². The van der Waals surface area contributed by atoms with E-state index in [0.29, 0.717) is 11.2 Å². The molecule has 0 aromatic carbocycles. The number of halogens is 1. The monoisotopic (exact) mass is 196 g/mol. The fraction of sp³-hybridized carbons (Fsp3) is 0.333. The average Bonchev–Trinajstić information content (AvgIpc) is 2.31. The molecule has 2 aromatic heterocycles. The number of aromatic nitrogens is 2. The molecule has 0 bridgehead atoms. The van der Waals surface area contributed by atoms with Crippen molar-refractivity contribution in [2.45, 2.75) is 20.8 Å². The van der Waals surface area contributed by atoms with Gasteiger partial charge in [0.05, 0.1) is 5.69 Å². The third-order valence-corrected chi connectivity index (χ3v) is 2.98. The van der Waals surface area contributed by atoms with E-state index in [1.165, 1.54) is 0 Å². The van der Waals surface area contributed by atoms with Gasteiger partial charge in [0.15, 0.2) is 0 Å². The molecule has 2 nitrogen and oxygen atoms in total. The van der Waals surface area contributed by atoms with Gasteiger partial charge in [0.1, 0.15) is 11.0 Å². The lowest BCUT2D eigenvalue weighted by Gasteiger charge is -1.95. The highest BCUT2D eigenvalue weighted by Gasteiger charge is 2.10. The molecule has 0 N–H and O–H groups in total. The van der Waals surface area contributed by atoms with Crippen LogP contribution >= 0.6 is 11.3 Å². The maximum Gasteiger partial charge on any atom is 0.234 e. The van der Waals surface area contributed by atoms with Gasteiger partial charge in [-0.1, -0.05) is 0 Å². The zero-order chi connectivity index (χ0) is 9.59. The largest absolute Gasteiger partial charge is 0.246 e. The molecule has 0 unspecified atom stereocenters. The van der Waals surface area contributed by atoms with Gasteiger partial charge in [-0.05, 0) is 20.8 Å². The van der Waals surface area contributed by atoms with Crippen molar-refractivity contribution in [2.75, 3.05) is 0 Å². The Hall–Kier alpha value is -1.03. The minimum absolute atomic E-state index is 0.369. The molecule has 0 radical (unpaired) electrons. The molecule has 0 amide bonds. The maximum atomic E-state index is 13.1. The van der Waals surface area contributed by atoms with E-state index in [2.05, 4.69) is 9.97 Å². The molecule has 0 fully saturated rings. The van der Waals surface area contributed by atoms with Crippen molar-refractivity contribution in [1.82, 2.24) is 9.97 Å². The van der Waals surface area contributed by atoms with E-state index in [4.69, 9.17) is 0 Å². The molecule has 0 atom stereocenters. The Labute approximate surface area is 79.5 Å². The van der Waals surface area contributed by atoms with Crippen LogP contribution in [0.1, 0.15) is 15.4 Å². The van der Waals surface area contributed by atoms with Crippen LogP contribution in [0.4, 0.5) is 4.39 Å². The second-order valence-electron chi connectivity index (χ2n) is 3.01. The highest BCUT2D eigenvalue weighted by Crippen LogP contribution is 2.27. The Balaban J connectivity index is 2.91. The van der Waals surface area contributed by atoms with E-state index in [1.54, 1.807) is 18.3 Å². The summed E-state index contributed by atoms with van der Waals surface area (Å²) >= 11 is 1.61. The highest BCUT2D eigenvalue weighted by atomic mass is 32.1. The quantitative estimate of drug-likeness (QED) is 0.647. The van der Waals surface area contributed by atoms with Crippen LogP contribution in [0.5, 0.6) is 0 Å². The summed E-state index contributed by atoms with van der Waals surface area (Å²) < 4.78 is 13.1. The number of thiophene rings is 1. The van der Waals surface area contributed by atoms with Gasteiger partial charge in [-0.2, -0.15) is 4.39 Å². The summed E-state index contributed by atoms with van der Waals surface area (Å²) in [7, 11) is 0. The number of aryl methyl sites for hydroxylation is 3. The van der Waals surface area contributed by atoms with Crippen LogP contribution < -0.4 is 0 Å². The second-order valence-corrected chi connectivity index (χ2v) is 4.44. The van der Waals surface area contributed by atoms with Gasteiger partial charge >= 0.3 is 0 Å². The summed E-state index contributed by atoms with van der Waals surface area (Å²) in [6.45, 7) is 5.55. The van der Waals surface area contributed by atoms with Crippen LogP contribution in [0.25, 0.3) is 11.0 Å². The summed E-state index contributed by atoms with van der Waals surface area (Å²) in [5.74, 6) is -0.464. The Morgan fingerprint density at radius 2 is 1.54 bits per heavy atom. The van der Waals surface area contributed by atoms with E-state index in [-0.39, 0.29) is 0 Å². The summed E-state index contributed by atoms with van der Waals surface area (Å²) in [6.07, 6.45) is 0. The predicted molar refractivity (Wildman–Crippen MR) is 51.6 cm³/mol. The topological polar surface area (TPSA) is 25.8 Å². The van der Waals surface area contributed by atoms with Crippen molar-refractivity contribution >= 4 is 22.4 Å². The fourth-order valence-electron chi connectivity index (χ4n) is 1.32. The van der Waals surface area contributed by atoms with Gasteiger partial charge in [-0.15, -0.1) is 11.3 Å². The first kappa shape index (κ1) is 8.56. The van der Waals surface area contributed by atoms with Gasteiger partial charge in [-0.3, -0.25) is 0 Å². The zero-order valence-electron chi connectivity index (χ0n) is 7.68. The second kappa shape index (κ2) is 2.73. The Morgan fingerprint density at radius 3 is 2.15 bits per heavy atom.